The monoisotopic (exact) mass is 383 g/mol. The van der Waals surface area contributed by atoms with E-state index in [0.29, 0.717) is 5.69 Å². The Kier molecular flexibility index (Phi) is 4.99. The van der Waals surface area contributed by atoms with E-state index < -0.39 is 6.09 Å². The van der Waals surface area contributed by atoms with Crippen molar-refractivity contribution in [3.63, 3.8) is 0 Å². The molecule has 0 unspecified atom stereocenters. The van der Waals surface area contributed by atoms with Crippen molar-refractivity contribution in [2.24, 2.45) is 0 Å². The van der Waals surface area contributed by atoms with Crippen LogP contribution in [0, 0.1) is 0 Å². The summed E-state index contributed by atoms with van der Waals surface area (Å²) in [5.41, 5.74) is 1.61. The van der Waals surface area contributed by atoms with Gasteiger partial charge in [0, 0.05) is 8.95 Å². The predicted molar refractivity (Wildman–Crippen MR) is 82.1 cm³/mol. The first-order valence-electron chi connectivity index (χ1n) is 5.58. The van der Waals surface area contributed by atoms with Crippen LogP contribution in [0.3, 0.4) is 0 Å². The summed E-state index contributed by atoms with van der Waals surface area (Å²) in [5, 5.41) is 2.68. The van der Waals surface area contributed by atoms with Crippen molar-refractivity contribution in [2.75, 3.05) is 5.32 Å². The lowest BCUT2D eigenvalue weighted by Gasteiger charge is -2.09. The summed E-state index contributed by atoms with van der Waals surface area (Å²) in [5.74, 6) is 0. The Morgan fingerprint density at radius 3 is 2.58 bits per heavy atom. The van der Waals surface area contributed by atoms with E-state index in [2.05, 4.69) is 37.2 Å². The van der Waals surface area contributed by atoms with Crippen LogP contribution in [0.2, 0.25) is 0 Å². The molecular weight excluding hydrogens is 374 g/mol. The zero-order chi connectivity index (χ0) is 13.7. The number of ether oxygens (including phenoxy) is 1. The number of carbonyl (C=O) groups excluding carboxylic acids is 1. The third kappa shape index (κ3) is 4.36. The minimum Gasteiger partial charge on any atom is -0.444 e. The Balaban J connectivity index is 1.93. The predicted octanol–water partition coefficient (Wildman–Crippen LogP) is 4.96. The van der Waals surface area contributed by atoms with Gasteiger partial charge in [-0.15, -0.1) is 0 Å². The van der Waals surface area contributed by atoms with Gasteiger partial charge in [0.05, 0.1) is 5.69 Å². The minimum atomic E-state index is -0.484. The molecule has 0 fully saturated rings. The third-order valence-electron chi connectivity index (χ3n) is 2.38. The van der Waals surface area contributed by atoms with Gasteiger partial charge in [-0.05, 0) is 39.7 Å². The lowest BCUT2D eigenvalue weighted by molar-refractivity contribution is 0.155. The molecule has 2 aromatic rings. The molecule has 0 spiro atoms. The van der Waals surface area contributed by atoms with E-state index in [-0.39, 0.29) is 6.61 Å². The number of halogens is 2. The molecule has 0 atom stereocenters. The number of hydrogen-bond acceptors (Lipinski definition) is 2. The summed E-state index contributed by atoms with van der Waals surface area (Å²) in [7, 11) is 0. The van der Waals surface area contributed by atoms with Gasteiger partial charge in [-0.1, -0.05) is 46.3 Å². The SMILES string of the molecule is O=C(Nc1cc(Br)ccc1Br)OCc1ccccc1. The van der Waals surface area contributed by atoms with Gasteiger partial charge in [-0.25, -0.2) is 4.79 Å². The Morgan fingerprint density at radius 2 is 1.84 bits per heavy atom. The van der Waals surface area contributed by atoms with Crippen molar-refractivity contribution in [3.8, 4) is 0 Å². The molecule has 0 aromatic heterocycles. The zero-order valence-electron chi connectivity index (χ0n) is 9.90. The van der Waals surface area contributed by atoms with E-state index in [9.17, 15) is 4.79 Å². The van der Waals surface area contributed by atoms with Gasteiger partial charge in [-0.3, -0.25) is 5.32 Å². The first-order valence-corrected chi connectivity index (χ1v) is 7.16. The zero-order valence-corrected chi connectivity index (χ0v) is 13.1. The first-order chi connectivity index (χ1) is 9.15. The number of amides is 1. The maximum atomic E-state index is 11.7. The van der Waals surface area contributed by atoms with Crippen LogP contribution in [-0.4, -0.2) is 6.09 Å². The topological polar surface area (TPSA) is 38.3 Å². The van der Waals surface area contributed by atoms with Crippen molar-refractivity contribution < 1.29 is 9.53 Å². The maximum Gasteiger partial charge on any atom is 0.411 e. The molecule has 2 aromatic carbocycles. The highest BCUT2D eigenvalue weighted by Crippen LogP contribution is 2.26. The molecule has 1 N–H and O–H groups in total. The third-order valence-corrected chi connectivity index (χ3v) is 3.56. The molecule has 0 heterocycles. The molecule has 2 rings (SSSR count). The summed E-state index contributed by atoms with van der Waals surface area (Å²) in [6.07, 6.45) is -0.484. The van der Waals surface area contributed by atoms with Crippen molar-refractivity contribution >= 4 is 43.6 Å². The molecule has 19 heavy (non-hydrogen) atoms. The van der Waals surface area contributed by atoms with Gasteiger partial charge in [0.15, 0.2) is 0 Å². The van der Waals surface area contributed by atoms with Crippen LogP contribution in [0.5, 0.6) is 0 Å². The molecule has 0 saturated carbocycles. The second kappa shape index (κ2) is 6.73. The number of carbonyl (C=O) groups is 1. The summed E-state index contributed by atoms with van der Waals surface area (Å²) in [6, 6.07) is 15.1. The van der Waals surface area contributed by atoms with Gasteiger partial charge in [-0.2, -0.15) is 0 Å². The second-order valence-corrected chi connectivity index (χ2v) is 5.58. The summed E-state index contributed by atoms with van der Waals surface area (Å²) < 4.78 is 6.82. The van der Waals surface area contributed by atoms with Crippen LogP contribution in [0.4, 0.5) is 10.5 Å². The van der Waals surface area contributed by atoms with E-state index >= 15 is 0 Å². The van der Waals surface area contributed by atoms with Gasteiger partial charge < -0.3 is 4.74 Å². The Labute approximate surface area is 128 Å². The Hall–Kier alpha value is -1.33. The van der Waals surface area contributed by atoms with E-state index in [1.165, 1.54) is 0 Å². The maximum absolute atomic E-state index is 11.7. The molecule has 5 heteroatoms. The lowest BCUT2D eigenvalue weighted by atomic mass is 10.2. The fourth-order valence-corrected chi connectivity index (χ4v) is 2.17. The van der Waals surface area contributed by atoms with Crippen LogP contribution in [0.25, 0.3) is 0 Å². The number of benzene rings is 2. The van der Waals surface area contributed by atoms with Crippen molar-refractivity contribution in [2.45, 2.75) is 6.61 Å². The number of hydrogen-bond donors (Lipinski definition) is 1. The molecule has 0 aliphatic rings. The quantitative estimate of drug-likeness (QED) is 0.811. The lowest BCUT2D eigenvalue weighted by Crippen LogP contribution is -2.13. The van der Waals surface area contributed by atoms with E-state index in [1.54, 1.807) is 6.07 Å². The summed E-state index contributed by atoms with van der Waals surface area (Å²) >= 11 is 6.71. The van der Waals surface area contributed by atoms with Crippen LogP contribution < -0.4 is 5.32 Å². The first kappa shape index (κ1) is 14.1. The molecule has 98 valence electrons. The molecule has 0 saturated heterocycles. The van der Waals surface area contributed by atoms with Gasteiger partial charge in [0.1, 0.15) is 6.61 Å². The van der Waals surface area contributed by atoms with Gasteiger partial charge >= 0.3 is 6.09 Å². The van der Waals surface area contributed by atoms with Crippen molar-refractivity contribution in [1.29, 1.82) is 0 Å². The minimum absolute atomic E-state index is 0.248. The molecule has 0 bridgehead atoms. The van der Waals surface area contributed by atoms with Crippen LogP contribution in [-0.2, 0) is 11.3 Å². The number of anilines is 1. The molecule has 1 amide bonds. The van der Waals surface area contributed by atoms with Crippen LogP contribution >= 0.6 is 31.9 Å². The fraction of sp³-hybridized carbons (Fsp3) is 0.0714. The highest BCUT2D eigenvalue weighted by Gasteiger charge is 2.07. The smallest absolute Gasteiger partial charge is 0.411 e. The molecule has 3 nitrogen and oxygen atoms in total. The standard InChI is InChI=1S/C14H11Br2NO2/c15-11-6-7-12(16)13(8-11)17-14(18)19-9-10-4-2-1-3-5-10/h1-8H,9H2,(H,17,18). The van der Waals surface area contributed by atoms with Gasteiger partial charge in [0.2, 0.25) is 0 Å². The Bertz CT molecular complexity index is 573. The van der Waals surface area contributed by atoms with E-state index in [4.69, 9.17) is 4.74 Å². The average molecular weight is 385 g/mol. The fourth-order valence-electron chi connectivity index (χ4n) is 1.46. The molecule has 0 radical (unpaired) electrons. The van der Waals surface area contributed by atoms with E-state index in [1.807, 2.05) is 42.5 Å². The highest BCUT2D eigenvalue weighted by atomic mass is 79.9. The largest absolute Gasteiger partial charge is 0.444 e. The summed E-state index contributed by atoms with van der Waals surface area (Å²) in [6.45, 7) is 0.248. The number of rotatable bonds is 3. The van der Waals surface area contributed by atoms with Gasteiger partial charge in [0.25, 0.3) is 0 Å². The van der Waals surface area contributed by atoms with Crippen molar-refractivity contribution in [1.82, 2.24) is 0 Å². The average Bonchev–Trinajstić information content (AvgIpc) is 2.42. The molecule has 0 aliphatic carbocycles. The molecular formula is C14H11Br2NO2. The highest BCUT2D eigenvalue weighted by molar-refractivity contribution is 9.11. The van der Waals surface area contributed by atoms with Crippen LogP contribution in [0.15, 0.2) is 57.5 Å². The summed E-state index contributed by atoms with van der Waals surface area (Å²) in [4.78, 5) is 11.7. The normalized spacial score (nSPS) is 10.0. The van der Waals surface area contributed by atoms with E-state index in [0.717, 1.165) is 14.5 Å². The van der Waals surface area contributed by atoms with Crippen LogP contribution in [0.1, 0.15) is 5.56 Å². The Morgan fingerprint density at radius 1 is 1.11 bits per heavy atom. The van der Waals surface area contributed by atoms with Crippen molar-refractivity contribution in [3.05, 3.63) is 63.0 Å². The molecule has 0 aliphatic heterocycles. The second-order valence-electron chi connectivity index (χ2n) is 3.81. The number of nitrogens with one attached hydrogen (secondary N) is 1.